The number of aryl methyl sites for hydroxylation is 2. The average molecular weight is 484 g/mol. The van der Waals surface area contributed by atoms with Crippen LogP contribution in [-0.4, -0.2) is 53.5 Å². The molecule has 182 valence electrons. The second-order valence-corrected chi connectivity index (χ2v) is 9.36. The Hall–Kier alpha value is -2.54. The van der Waals surface area contributed by atoms with Gasteiger partial charge in [0.15, 0.2) is 0 Å². The number of nitrogens with zero attached hydrogens (tertiary/aromatic N) is 3. The number of ether oxygens (including phenoxy) is 3. The van der Waals surface area contributed by atoms with Crippen LogP contribution in [0.2, 0.25) is 5.02 Å². The minimum atomic E-state index is -0.266. The van der Waals surface area contributed by atoms with Crippen molar-refractivity contribution in [3.8, 4) is 11.5 Å². The topological polar surface area (TPSA) is 48.8 Å². The summed E-state index contributed by atoms with van der Waals surface area (Å²) in [7, 11) is 1.78. The normalized spacial score (nSPS) is 15.9. The number of likely N-dealkylation sites (tertiary alicyclic amines) is 1. The van der Waals surface area contributed by atoms with Crippen molar-refractivity contribution >= 4 is 11.6 Å². The molecule has 34 heavy (non-hydrogen) atoms. The third kappa shape index (κ3) is 6.75. The van der Waals surface area contributed by atoms with Gasteiger partial charge in [-0.3, -0.25) is 4.90 Å². The lowest BCUT2D eigenvalue weighted by molar-refractivity contribution is -0.0839. The summed E-state index contributed by atoms with van der Waals surface area (Å²) < 4.78 is 20.1. The summed E-state index contributed by atoms with van der Waals surface area (Å²) >= 11 is 6.07. The molecule has 2 aromatic carbocycles. The highest BCUT2D eigenvalue weighted by atomic mass is 35.5. The smallest absolute Gasteiger partial charge is 0.120 e. The maximum atomic E-state index is 6.07. The highest BCUT2D eigenvalue weighted by Gasteiger charge is 2.35. The molecule has 0 amide bonds. The quantitative estimate of drug-likeness (QED) is 0.343. The molecule has 0 unspecified atom stereocenters. The Bertz CT molecular complexity index is 1050. The number of hydrogen-bond donors (Lipinski definition) is 0. The highest BCUT2D eigenvalue weighted by Crippen LogP contribution is 2.29. The number of hydrogen-bond acceptors (Lipinski definition) is 5. The van der Waals surface area contributed by atoms with Crippen LogP contribution in [0.25, 0.3) is 0 Å². The molecule has 0 N–H and O–H groups in total. The Kier molecular flexibility index (Phi) is 8.48. The molecule has 4 rings (SSSR count). The fourth-order valence-corrected chi connectivity index (χ4v) is 4.53. The van der Waals surface area contributed by atoms with Gasteiger partial charge in [-0.25, -0.2) is 4.98 Å². The molecule has 0 radical (unpaired) electrons. The predicted octanol–water partition coefficient (Wildman–Crippen LogP) is 5.37. The molecular weight excluding hydrogens is 450 g/mol. The molecule has 1 aliphatic rings. The van der Waals surface area contributed by atoms with E-state index in [4.69, 9.17) is 25.8 Å². The lowest BCUT2D eigenvalue weighted by atomic mass is 9.91. The van der Waals surface area contributed by atoms with Crippen LogP contribution in [0.4, 0.5) is 0 Å². The maximum Gasteiger partial charge on any atom is 0.120 e. The molecule has 2 heterocycles. The summed E-state index contributed by atoms with van der Waals surface area (Å²) in [6.07, 6.45) is 6.64. The minimum Gasteiger partial charge on any atom is -0.494 e. The number of halogens is 1. The van der Waals surface area contributed by atoms with Gasteiger partial charge in [0.05, 0.1) is 6.61 Å². The van der Waals surface area contributed by atoms with Crippen molar-refractivity contribution in [3.63, 3.8) is 0 Å². The predicted molar refractivity (Wildman–Crippen MR) is 135 cm³/mol. The Labute approximate surface area is 207 Å². The first-order valence-corrected chi connectivity index (χ1v) is 12.3. The van der Waals surface area contributed by atoms with Gasteiger partial charge in [0, 0.05) is 50.7 Å². The zero-order valence-electron chi connectivity index (χ0n) is 20.1. The van der Waals surface area contributed by atoms with E-state index in [2.05, 4.69) is 32.7 Å². The molecule has 0 saturated carbocycles. The van der Waals surface area contributed by atoms with Crippen LogP contribution >= 0.6 is 11.6 Å². The average Bonchev–Trinajstić information content (AvgIpc) is 3.26. The summed E-state index contributed by atoms with van der Waals surface area (Å²) in [5.41, 5.74) is 1.00. The number of methoxy groups -OCH3 is 1. The van der Waals surface area contributed by atoms with Crippen LogP contribution in [0.1, 0.15) is 30.7 Å². The molecule has 1 fully saturated rings. The van der Waals surface area contributed by atoms with Crippen LogP contribution < -0.4 is 9.47 Å². The monoisotopic (exact) mass is 483 g/mol. The summed E-state index contributed by atoms with van der Waals surface area (Å²) in [5.74, 6) is 2.75. The van der Waals surface area contributed by atoms with E-state index >= 15 is 0 Å². The van der Waals surface area contributed by atoms with Crippen LogP contribution in [0.15, 0.2) is 60.9 Å². The fraction of sp³-hybridized carbons (Fsp3) is 0.444. The van der Waals surface area contributed by atoms with E-state index in [-0.39, 0.29) is 5.60 Å². The molecule has 1 saturated heterocycles. The van der Waals surface area contributed by atoms with E-state index in [0.717, 1.165) is 62.8 Å². The molecule has 3 aromatic rings. The Morgan fingerprint density at radius 1 is 1.03 bits per heavy atom. The molecule has 1 aliphatic heterocycles. The van der Waals surface area contributed by atoms with E-state index in [9.17, 15) is 0 Å². The molecule has 0 bridgehead atoms. The van der Waals surface area contributed by atoms with Crippen molar-refractivity contribution in [2.75, 3.05) is 33.4 Å². The third-order valence-electron chi connectivity index (χ3n) is 6.54. The molecular formula is C27H34ClN3O3. The minimum absolute atomic E-state index is 0.266. The standard InChI is InChI=1S/C27H34ClN3O3/c1-22-29-12-16-31(22)13-5-17-33-25-8-3-6-23(18-25)20-30-14-10-27(32-2,11-15-30)21-34-26-9-4-7-24(28)19-26/h3-4,6-9,12,16,18-19H,5,10-11,13-15,17,20-21H2,1-2H3. The Balaban J connectivity index is 1.22. The Morgan fingerprint density at radius 2 is 1.79 bits per heavy atom. The second-order valence-electron chi connectivity index (χ2n) is 8.93. The molecule has 0 atom stereocenters. The van der Waals surface area contributed by atoms with Crippen molar-refractivity contribution < 1.29 is 14.2 Å². The van der Waals surface area contributed by atoms with Crippen molar-refractivity contribution in [2.45, 2.75) is 44.9 Å². The summed E-state index contributed by atoms with van der Waals surface area (Å²) in [6.45, 7) is 6.98. The van der Waals surface area contributed by atoms with Gasteiger partial charge in [-0.1, -0.05) is 29.8 Å². The van der Waals surface area contributed by atoms with Gasteiger partial charge in [-0.2, -0.15) is 0 Å². The maximum absolute atomic E-state index is 6.07. The van der Waals surface area contributed by atoms with E-state index in [1.54, 1.807) is 7.11 Å². The lowest BCUT2D eigenvalue weighted by Crippen LogP contribution is -2.48. The van der Waals surface area contributed by atoms with E-state index in [1.165, 1.54) is 5.56 Å². The van der Waals surface area contributed by atoms with Gasteiger partial charge in [0.2, 0.25) is 0 Å². The first kappa shape index (κ1) is 24.6. The first-order valence-electron chi connectivity index (χ1n) is 11.9. The van der Waals surface area contributed by atoms with E-state index in [0.29, 0.717) is 18.2 Å². The SMILES string of the molecule is COC1(COc2cccc(Cl)c2)CCN(Cc2cccc(OCCCn3ccnc3C)c2)CC1. The second kappa shape index (κ2) is 11.7. The zero-order valence-corrected chi connectivity index (χ0v) is 20.8. The highest BCUT2D eigenvalue weighted by molar-refractivity contribution is 6.30. The van der Waals surface area contributed by atoms with Gasteiger partial charge < -0.3 is 18.8 Å². The van der Waals surface area contributed by atoms with Gasteiger partial charge in [0.25, 0.3) is 0 Å². The lowest BCUT2D eigenvalue weighted by Gasteiger charge is -2.40. The number of benzene rings is 2. The summed E-state index contributed by atoms with van der Waals surface area (Å²) in [5, 5.41) is 0.679. The van der Waals surface area contributed by atoms with Crippen LogP contribution in [0.5, 0.6) is 11.5 Å². The van der Waals surface area contributed by atoms with E-state index < -0.39 is 0 Å². The van der Waals surface area contributed by atoms with Crippen molar-refractivity contribution in [3.05, 3.63) is 77.3 Å². The van der Waals surface area contributed by atoms with Crippen molar-refractivity contribution in [1.29, 1.82) is 0 Å². The third-order valence-corrected chi connectivity index (χ3v) is 6.77. The first-order chi connectivity index (χ1) is 16.5. The number of imidazole rings is 1. The molecule has 1 aromatic heterocycles. The molecule has 7 heteroatoms. The van der Waals surface area contributed by atoms with Crippen LogP contribution in [-0.2, 0) is 17.8 Å². The zero-order chi connectivity index (χ0) is 23.8. The van der Waals surface area contributed by atoms with Crippen LogP contribution in [0.3, 0.4) is 0 Å². The summed E-state index contributed by atoms with van der Waals surface area (Å²) in [4.78, 5) is 6.73. The summed E-state index contributed by atoms with van der Waals surface area (Å²) in [6, 6.07) is 16.0. The van der Waals surface area contributed by atoms with Gasteiger partial charge in [-0.15, -0.1) is 0 Å². The van der Waals surface area contributed by atoms with Crippen molar-refractivity contribution in [2.24, 2.45) is 0 Å². The van der Waals surface area contributed by atoms with Crippen LogP contribution in [0, 0.1) is 6.92 Å². The van der Waals surface area contributed by atoms with E-state index in [1.807, 2.05) is 49.6 Å². The molecule has 6 nitrogen and oxygen atoms in total. The Morgan fingerprint density at radius 3 is 2.50 bits per heavy atom. The molecule has 0 spiro atoms. The number of aromatic nitrogens is 2. The number of piperidine rings is 1. The van der Waals surface area contributed by atoms with Gasteiger partial charge in [0.1, 0.15) is 29.5 Å². The largest absolute Gasteiger partial charge is 0.494 e. The van der Waals surface area contributed by atoms with Crippen molar-refractivity contribution in [1.82, 2.24) is 14.5 Å². The molecule has 0 aliphatic carbocycles. The fourth-order valence-electron chi connectivity index (χ4n) is 4.35. The van der Waals surface area contributed by atoms with Gasteiger partial charge >= 0.3 is 0 Å². The number of rotatable bonds is 11. The van der Waals surface area contributed by atoms with Gasteiger partial charge in [-0.05, 0) is 62.1 Å².